The second-order valence-corrected chi connectivity index (χ2v) is 7.91. The van der Waals surface area contributed by atoms with Gasteiger partial charge >= 0.3 is 0 Å². The minimum absolute atomic E-state index is 0.319. The van der Waals surface area contributed by atoms with Gasteiger partial charge in [0.1, 0.15) is 0 Å². The lowest BCUT2D eigenvalue weighted by Gasteiger charge is -2.37. The van der Waals surface area contributed by atoms with Crippen molar-refractivity contribution in [3.8, 4) is 0 Å². The van der Waals surface area contributed by atoms with E-state index in [0.717, 1.165) is 19.4 Å². The van der Waals surface area contributed by atoms with Crippen LogP contribution in [0.3, 0.4) is 0 Å². The predicted molar refractivity (Wildman–Crippen MR) is 105 cm³/mol. The van der Waals surface area contributed by atoms with Gasteiger partial charge in [-0.3, -0.25) is 4.90 Å². The third-order valence-corrected chi connectivity index (χ3v) is 6.18. The van der Waals surface area contributed by atoms with Crippen molar-refractivity contribution in [2.24, 2.45) is 0 Å². The van der Waals surface area contributed by atoms with Gasteiger partial charge in [-0.05, 0) is 76.8 Å². The van der Waals surface area contributed by atoms with Crippen LogP contribution in [0.2, 0.25) is 0 Å². The van der Waals surface area contributed by atoms with Gasteiger partial charge < -0.3 is 14.9 Å². The van der Waals surface area contributed by atoms with E-state index >= 15 is 0 Å². The number of rotatable bonds is 7. The van der Waals surface area contributed by atoms with Crippen molar-refractivity contribution in [3.63, 3.8) is 0 Å². The van der Waals surface area contributed by atoms with Gasteiger partial charge in [-0.1, -0.05) is 18.2 Å². The molecule has 1 atom stereocenters. The molecule has 2 saturated heterocycles. The van der Waals surface area contributed by atoms with Gasteiger partial charge in [-0.25, -0.2) is 0 Å². The Hall–Kier alpha value is -1.10. The van der Waals surface area contributed by atoms with Crippen molar-refractivity contribution in [2.75, 3.05) is 45.2 Å². The molecule has 1 N–H and O–H groups in total. The Labute approximate surface area is 153 Å². The van der Waals surface area contributed by atoms with Gasteiger partial charge in [0.15, 0.2) is 0 Å². The van der Waals surface area contributed by atoms with Crippen LogP contribution in [0.25, 0.3) is 0 Å². The van der Waals surface area contributed by atoms with Crippen LogP contribution in [0, 0.1) is 0 Å². The molecule has 1 aromatic carbocycles. The van der Waals surface area contributed by atoms with Crippen LogP contribution in [-0.4, -0.2) is 67.3 Å². The van der Waals surface area contributed by atoms with E-state index in [0.29, 0.717) is 18.7 Å². The summed E-state index contributed by atoms with van der Waals surface area (Å²) in [4.78, 5) is 7.60. The molecule has 0 aliphatic carbocycles. The van der Waals surface area contributed by atoms with Gasteiger partial charge in [0, 0.05) is 38.0 Å². The van der Waals surface area contributed by atoms with E-state index in [-0.39, 0.29) is 0 Å². The van der Waals surface area contributed by atoms with Crippen LogP contribution in [0.5, 0.6) is 0 Å². The monoisotopic (exact) mass is 345 g/mol. The lowest BCUT2D eigenvalue weighted by Crippen LogP contribution is -2.42. The summed E-state index contributed by atoms with van der Waals surface area (Å²) in [7, 11) is 4.51. The van der Waals surface area contributed by atoms with E-state index in [1.807, 2.05) is 0 Å². The normalized spacial score (nSPS) is 23.2. The molecule has 3 rings (SSSR count). The number of likely N-dealkylation sites (tertiary alicyclic amines) is 2. The number of hydrogen-bond acceptors (Lipinski definition) is 4. The number of hydrogen-bond donors (Lipinski definition) is 1. The fraction of sp³-hybridized carbons (Fsp3) is 0.714. The van der Waals surface area contributed by atoms with Gasteiger partial charge in [-0.2, -0.15) is 0 Å². The third kappa shape index (κ3) is 4.75. The van der Waals surface area contributed by atoms with E-state index in [1.165, 1.54) is 56.6 Å². The SMILES string of the molecule is CN1CCC(N(C)c2ccccc2CN2CCCC2CCCO)CC1. The Balaban J connectivity index is 1.68. The number of aliphatic hydroxyl groups is 1. The zero-order chi connectivity index (χ0) is 17.6. The topological polar surface area (TPSA) is 30.0 Å². The second-order valence-electron chi connectivity index (χ2n) is 7.91. The number of nitrogens with zero attached hydrogens (tertiary/aromatic N) is 3. The van der Waals surface area contributed by atoms with Gasteiger partial charge in [0.25, 0.3) is 0 Å². The van der Waals surface area contributed by atoms with Crippen LogP contribution in [0.4, 0.5) is 5.69 Å². The molecule has 0 spiro atoms. The fourth-order valence-corrected chi connectivity index (χ4v) is 4.54. The maximum atomic E-state index is 9.15. The Morgan fingerprint density at radius 3 is 2.64 bits per heavy atom. The summed E-state index contributed by atoms with van der Waals surface area (Å²) >= 11 is 0. The first-order valence-electron chi connectivity index (χ1n) is 10.0. The molecular weight excluding hydrogens is 310 g/mol. The van der Waals surface area contributed by atoms with Gasteiger partial charge in [0.2, 0.25) is 0 Å². The van der Waals surface area contributed by atoms with Crippen molar-refractivity contribution in [2.45, 2.75) is 57.2 Å². The lowest BCUT2D eigenvalue weighted by atomic mass is 10.0. The van der Waals surface area contributed by atoms with Crippen molar-refractivity contribution < 1.29 is 5.11 Å². The Bertz CT molecular complexity index is 528. The zero-order valence-electron chi connectivity index (χ0n) is 16.0. The molecule has 0 amide bonds. The van der Waals surface area contributed by atoms with Crippen molar-refractivity contribution in [3.05, 3.63) is 29.8 Å². The van der Waals surface area contributed by atoms with Gasteiger partial charge in [-0.15, -0.1) is 0 Å². The summed E-state index contributed by atoms with van der Waals surface area (Å²) in [5.41, 5.74) is 2.87. The first-order chi connectivity index (χ1) is 12.2. The molecule has 0 saturated carbocycles. The minimum Gasteiger partial charge on any atom is -0.396 e. The molecular formula is C21H35N3O. The standard InChI is InChI=1S/C21H35N3O/c1-22-14-11-19(12-15-22)23(2)21-10-4-3-7-18(21)17-24-13-5-8-20(24)9-6-16-25/h3-4,7,10,19-20,25H,5-6,8-9,11-17H2,1-2H3. The first kappa shape index (κ1) is 18.7. The van der Waals surface area contributed by atoms with Crippen LogP contribution in [-0.2, 0) is 6.54 Å². The summed E-state index contributed by atoms with van der Waals surface area (Å²) in [6, 6.07) is 10.3. The minimum atomic E-state index is 0.319. The summed E-state index contributed by atoms with van der Waals surface area (Å²) in [6.45, 7) is 4.96. The second kappa shape index (κ2) is 9.02. The molecule has 2 heterocycles. The molecule has 140 valence electrons. The van der Waals surface area contributed by atoms with Crippen LogP contribution < -0.4 is 4.90 Å². The van der Waals surface area contributed by atoms with Crippen molar-refractivity contribution in [1.29, 1.82) is 0 Å². The highest BCUT2D eigenvalue weighted by molar-refractivity contribution is 5.54. The maximum Gasteiger partial charge on any atom is 0.0431 e. The van der Waals surface area contributed by atoms with E-state index in [1.54, 1.807) is 0 Å². The molecule has 0 bridgehead atoms. The smallest absolute Gasteiger partial charge is 0.0431 e. The average molecular weight is 346 g/mol. The lowest BCUT2D eigenvalue weighted by molar-refractivity contribution is 0.210. The molecule has 4 nitrogen and oxygen atoms in total. The molecule has 4 heteroatoms. The summed E-state index contributed by atoms with van der Waals surface area (Å²) < 4.78 is 0. The Kier molecular flexibility index (Phi) is 6.74. The fourth-order valence-electron chi connectivity index (χ4n) is 4.54. The van der Waals surface area contributed by atoms with E-state index in [2.05, 4.69) is 53.1 Å². The molecule has 25 heavy (non-hydrogen) atoms. The maximum absolute atomic E-state index is 9.15. The molecule has 1 unspecified atom stereocenters. The largest absolute Gasteiger partial charge is 0.396 e. The molecule has 2 fully saturated rings. The Morgan fingerprint density at radius 1 is 1.12 bits per heavy atom. The molecule has 1 aromatic rings. The summed E-state index contributed by atoms with van der Waals surface area (Å²) in [5.74, 6) is 0. The van der Waals surface area contributed by atoms with Crippen molar-refractivity contribution in [1.82, 2.24) is 9.80 Å². The number of aliphatic hydroxyl groups excluding tert-OH is 1. The molecule has 2 aliphatic heterocycles. The molecule has 0 aromatic heterocycles. The third-order valence-electron chi connectivity index (χ3n) is 6.18. The number of benzene rings is 1. The van der Waals surface area contributed by atoms with Crippen LogP contribution in [0.15, 0.2) is 24.3 Å². The average Bonchev–Trinajstić information content (AvgIpc) is 3.07. The predicted octanol–water partition coefficient (Wildman–Crippen LogP) is 2.95. The Morgan fingerprint density at radius 2 is 1.88 bits per heavy atom. The van der Waals surface area contributed by atoms with E-state index in [9.17, 15) is 0 Å². The number of anilines is 1. The van der Waals surface area contributed by atoms with Gasteiger partial charge in [0.05, 0.1) is 0 Å². The van der Waals surface area contributed by atoms with E-state index in [4.69, 9.17) is 5.11 Å². The van der Waals surface area contributed by atoms with Crippen LogP contribution >= 0.6 is 0 Å². The molecule has 2 aliphatic rings. The highest BCUT2D eigenvalue weighted by Crippen LogP contribution is 2.29. The highest BCUT2D eigenvalue weighted by atomic mass is 16.2. The van der Waals surface area contributed by atoms with E-state index < -0.39 is 0 Å². The summed E-state index contributed by atoms with van der Waals surface area (Å²) in [6.07, 6.45) is 7.14. The zero-order valence-corrected chi connectivity index (χ0v) is 16.0. The number of para-hydroxylation sites is 1. The molecule has 0 radical (unpaired) electrons. The first-order valence-corrected chi connectivity index (χ1v) is 10.0. The van der Waals surface area contributed by atoms with Crippen molar-refractivity contribution >= 4 is 5.69 Å². The quantitative estimate of drug-likeness (QED) is 0.823. The highest BCUT2D eigenvalue weighted by Gasteiger charge is 2.26. The van der Waals surface area contributed by atoms with Crippen LogP contribution in [0.1, 0.15) is 44.1 Å². The number of piperidine rings is 1. The summed E-state index contributed by atoms with van der Waals surface area (Å²) in [5, 5.41) is 9.15.